The minimum atomic E-state index is -5.01. The predicted molar refractivity (Wildman–Crippen MR) is 59.3 cm³/mol. The minimum absolute atomic E-state index is 0.196. The molecule has 2 rings (SSSR count). The summed E-state index contributed by atoms with van der Waals surface area (Å²) in [6.45, 7) is -0.709. The van der Waals surface area contributed by atoms with Gasteiger partial charge in [0.05, 0.1) is 6.61 Å². The molecule has 4 N–H and O–H groups in total. The first-order valence-electron chi connectivity index (χ1n) is 5.72. The maximum Gasteiger partial charge on any atom is 0.423 e. The summed E-state index contributed by atoms with van der Waals surface area (Å²) in [4.78, 5) is 24.2. The summed E-state index contributed by atoms with van der Waals surface area (Å²) in [5.41, 5.74) is -4.53. The number of hydrogen-bond donors (Lipinski definition) is 4. The fraction of sp³-hybridized carbons (Fsp3) is 0.600. The summed E-state index contributed by atoms with van der Waals surface area (Å²) in [7, 11) is 0. The molecule has 0 aromatic carbocycles. The second kappa shape index (κ2) is 5.26. The number of halogens is 3. The zero-order valence-electron chi connectivity index (χ0n) is 10.2. The number of aromatic amines is 1. The van der Waals surface area contributed by atoms with Crippen LogP contribution < -0.4 is 11.2 Å². The van der Waals surface area contributed by atoms with Crippen LogP contribution >= 0.6 is 0 Å². The molecule has 4 atom stereocenters. The lowest BCUT2D eigenvalue weighted by Crippen LogP contribution is -2.40. The van der Waals surface area contributed by atoms with Crippen molar-refractivity contribution in [2.45, 2.75) is 30.7 Å². The van der Waals surface area contributed by atoms with E-state index in [1.54, 1.807) is 0 Å². The summed E-state index contributed by atoms with van der Waals surface area (Å²) in [6, 6.07) is 0. The van der Waals surface area contributed by atoms with E-state index in [4.69, 9.17) is 9.84 Å². The normalized spacial score (nSPS) is 29.8. The highest BCUT2D eigenvalue weighted by Gasteiger charge is 2.44. The molecule has 0 saturated carbocycles. The van der Waals surface area contributed by atoms with Gasteiger partial charge in [0.15, 0.2) is 6.23 Å². The number of aliphatic hydroxyl groups excluding tert-OH is 3. The van der Waals surface area contributed by atoms with Crippen LogP contribution in [0.25, 0.3) is 0 Å². The van der Waals surface area contributed by atoms with Crippen LogP contribution in [-0.2, 0) is 10.9 Å². The zero-order valence-corrected chi connectivity index (χ0v) is 10.2. The fourth-order valence-corrected chi connectivity index (χ4v) is 1.99. The monoisotopic (exact) mass is 312 g/mol. The number of ether oxygens (including phenoxy) is 1. The van der Waals surface area contributed by atoms with Gasteiger partial charge in [-0.3, -0.25) is 14.3 Å². The lowest BCUT2D eigenvalue weighted by molar-refractivity contribution is -0.140. The summed E-state index contributed by atoms with van der Waals surface area (Å²) in [6.07, 6.45) is -11.1. The SMILES string of the molecule is O=c1[nH]c(=O)n(C2O[C@H](CO)[C@@H](O)[C@@H]2O)cc1C(F)(F)F. The summed E-state index contributed by atoms with van der Waals surface area (Å²) >= 11 is 0. The number of alkyl halides is 3. The molecule has 1 aromatic rings. The van der Waals surface area contributed by atoms with Gasteiger partial charge in [-0.15, -0.1) is 0 Å². The van der Waals surface area contributed by atoms with Gasteiger partial charge >= 0.3 is 11.9 Å². The van der Waals surface area contributed by atoms with Crippen LogP contribution in [0.3, 0.4) is 0 Å². The molecular weight excluding hydrogens is 301 g/mol. The molecule has 8 nitrogen and oxygen atoms in total. The summed E-state index contributed by atoms with van der Waals surface area (Å²) in [5, 5.41) is 28.1. The molecule has 0 spiro atoms. The first kappa shape index (κ1) is 15.7. The van der Waals surface area contributed by atoms with Crippen LogP contribution in [-0.4, -0.2) is 49.8 Å². The van der Waals surface area contributed by atoms with Gasteiger partial charge in [0.2, 0.25) is 0 Å². The highest BCUT2D eigenvalue weighted by Crippen LogP contribution is 2.30. The Morgan fingerprint density at radius 2 is 1.90 bits per heavy atom. The molecule has 1 aromatic heterocycles. The van der Waals surface area contributed by atoms with Crippen LogP contribution in [0.1, 0.15) is 11.8 Å². The number of nitrogens with one attached hydrogen (secondary N) is 1. The molecule has 21 heavy (non-hydrogen) atoms. The average Bonchev–Trinajstić information content (AvgIpc) is 2.65. The standard InChI is InChI=1S/C10H11F3N2O6/c11-10(12,13)3-1-15(9(20)14-7(3)19)8-6(18)5(17)4(2-16)21-8/h1,4-6,8,16-18H,2H2,(H,14,19,20)/t4-,5-,6+,8?/m1/s1. The van der Waals surface area contributed by atoms with Crippen LogP contribution in [0.15, 0.2) is 15.8 Å². The smallest absolute Gasteiger partial charge is 0.394 e. The lowest BCUT2D eigenvalue weighted by Gasteiger charge is -2.18. The average molecular weight is 312 g/mol. The van der Waals surface area contributed by atoms with Crippen LogP contribution in [0.2, 0.25) is 0 Å². The van der Waals surface area contributed by atoms with E-state index in [1.807, 2.05) is 0 Å². The van der Waals surface area contributed by atoms with Crippen molar-refractivity contribution in [3.05, 3.63) is 32.6 Å². The number of H-pyrrole nitrogens is 1. The van der Waals surface area contributed by atoms with Gasteiger partial charge in [0.25, 0.3) is 5.56 Å². The first-order valence-corrected chi connectivity index (χ1v) is 5.72. The Morgan fingerprint density at radius 3 is 2.38 bits per heavy atom. The van der Waals surface area contributed by atoms with Crippen molar-refractivity contribution in [2.75, 3.05) is 6.61 Å². The fourth-order valence-electron chi connectivity index (χ4n) is 1.99. The first-order chi connectivity index (χ1) is 9.66. The number of nitrogens with zero attached hydrogens (tertiary/aromatic N) is 1. The van der Waals surface area contributed by atoms with Gasteiger partial charge in [-0.1, -0.05) is 0 Å². The number of rotatable bonds is 2. The molecule has 0 aliphatic carbocycles. The Balaban J connectivity index is 2.50. The second-order valence-corrected chi connectivity index (χ2v) is 4.44. The van der Waals surface area contributed by atoms with E-state index in [0.717, 1.165) is 0 Å². The number of aromatic nitrogens is 2. The van der Waals surface area contributed by atoms with Gasteiger partial charge < -0.3 is 20.1 Å². The Labute approximate surface area is 114 Å². The molecule has 118 valence electrons. The summed E-state index contributed by atoms with van der Waals surface area (Å²) < 4.78 is 43.2. The van der Waals surface area contributed by atoms with E-state index in [1.165, 1.54) is 4.98 Å². The maximum absolute atomic E-state index is 12.6. The molecule has 1 aliphatic heterocycles. The number of hydrogen-bond acceptors (Lipinski definition) is 6. The van der Waals surface area contributed by atoms with Crippen molar-refractivity contribution < 1.29 is 33.2 Å². The van der Waals surface area contributed by atoms with Crippen LogP contribution in [0.5, 0.6) is 0 Å². The van der Waals surface area contributed by atoms with Crippen molar-refractivity contribution in [1.29, 1.82) is 0 Å². The molecule has 1 unspecified atom stereocenters. The van der Waals surface area contributed by atoms with E-state index < -0.39 is 54.1 Å². The lowest BCUT2D eigenvalue weighted by atomic mass is 10.1. The third-order valence-electron chi connectivity index (χ3n) is 3.06. The Hall–Kier alpha value is -1.69. The van der Waals surface area contributed by atoms with Gasteiger partial charge in [-0.05, 0) is 0 Å². The molecular formula is C10H11F3N2O6. The van der Waals surface area contributed by atoms with Crippen molar-refractivity contribution in [2.24, 2.45) is 0 Å². The van der Waals surface area contributed by atoms with Gasteiger partial charge in [-0.2, -0.15) is 13.2 Å². The van der Waals surface area contributed by atoms with Crippen molar-refractivity contribution in [3.8, 4) is 0 Å². The van der Waals surface area contributed by atoms with E-state index in [-0.39, 0.29) is 6.20 Å². The number of aliphatic hydroxyl groups is 3. The largest absolute Gasteiger partial charge is 0.423 e. The highest BCUT2D eigenvalue weighted by molar-refractivity contribution is 5.10. The predicted octanol–water partition coefficient (Wildman–Crippen LogP) is -1.83. The van der Waals surface area contributed by atoms with Crippen molar-refractivity contribution in [1.82, 2.24) is 9.55 Å². The van der Waals surface area contributed by atoms with E-state index in [0.29, 0.717) is 4.57 Å². The zero-order chi connectivity index (χ0) is 15.9. The van der Waals surface area contributed by atoms with Crippen LogP contribution in [0.4, 0.5) is 13.2 Å². The molecule has 0 bridgehead atoms. The molecule has 1 fully saturated rings. The minimum Gasteiger partial charge on any atom is -0.394 e. The third-order valence-corrected chi connectivity index (χ3v) is 3.06. The Morgan fingerprint density at radius 1 is 1.29 bits per heavy atom. The molecule has 1 saturated heterocycles. The second-order valence-electron chi connectivity index (χ2n) is 4.44. The van der Waals surface area contributed by atoms with Crippen molar-refractivity contribution in [3.63, 3.8) is 0 Å². The highest BCUT2D eigenvalue weighted by atomic mass is 19.4. The van der Waals surface area contributed by atoms with Gasteiger partial charge in [0, 0.05) is 6.20 Å². The molecule has 2 heterocycles. The Bertz CT molecular complexity index is 639. The summed E-state index contributed by atoms with van der Waals surface area (Å²) in [5.74, 6) is 0. The Kier molecular flexibility index (Phi) is 3.93. The quantitative estimate of drug-likeness (QED) is 0.509. The molecule has 11 heteroatoms. The topological polar surface area (TPSA) is 125 Å². The third kappa shape index (κ3) is 2.72. The maximum atomic E-state index is 12.6. The molecule has 1 aliphatic rings. The van der Waals surface area contributed by atoms with E-state index in [2.05, 4.69) is 0 Å². The van der Waals surface area contributed by atoms with Crippen LogP contribution in [0, 0.1) is 0 Å². The van der Waals surface area contributed by atoms with E-state index >= 15 is 0 Å². The van der Waals surface area contributed by atoms with E-state index in [9.17, 15) is 33.0 Å². The van der Waals surface area contributed by atoms with Crippen molar-refractivity contribution >= 4 is 0 Å². The van der Waals surface area contributed by atoms with Gasteiger partial charge in [0.1, 0.15) is 23.9 Å². The van der Waals surface area contributed by atoms with Gasteiger partial charge in [-0.25, -0.2) is 4.79 Å². The molecule has 0 radical (unpaired) electrons. The molecule has 0 amide bonds.